The minimum Gasteiger partial charge on any atom is -0.445 e. The fourth-order valence-corrected chi connectivity index (χ4v) is 4.23. The van der Waals surface area contributed by atoms with E-state index in [9.17, 15) is 24.5 Å². The lowest BCUT2D eigenvalue weighted by molar-refractivity contribution is -0.384. The highest BCUT2D eigenvalue weighted by Gasteiger charge is 2.37. The van der Waals surface area contributed by atoms with Gasteiger partial charge in [-0.1, -0.05) is 66.7 Å². The molecule has 2 atom stereocenters. The number of non-ortho nitro benzene ring substituents is 1. The summed E-state index contributed by atoms with van der Waals surface area (Å²) in [6.45, 7) is 0.224. The van der Waals surface area contributed by atoms with Gasteiger partial charge in [0.2, 0.25) is 11.8 Å². The Kier molecular flexibility index (Phi) is 7.77. The topological polar surface area (TPSA) is 145 Å². The van der Waals surface area contributed by atoms with Crippen LogP contribution in [0.4, 0.5) is 10.5 Å². The summed E-state index contributed by atoms with van der Waals surface area (Å²) in [7, 11) is 0. The van der Waals surface area contributed by atoms with Crippen molar-refractivity contribution < 1.29 is 24.0 Å². The maximum Gasteiger partial charge on any atom is 0.411 e. The van der Waals surface area contributed by atoms with Crippen molar-refractivity contribution in [3.63, 3.8) is 0 Å². The van der Waals surface area contributed by atoms with E-state index in [0.717, 1.165) is 16.7 Å². The molecule has 0 fully saturated rings. The number of amides is 3. The molecule has 3 aromatic rings. The number of nitrogens with one attached hydrogen (secondary N) is 1. The smallest absolute Gasteiger partial charge is 0.411 e. The van der Waals surface area contributed by atoms with E-state index in [0.29, 0.717) is 5.56 Å². The van der Waals surface area contributed by atoms with Gasteiger partial charge in [-0.3, -0.25) is 24.6 Å². The fraction of sp³-hybridized carbons (Fsp3) is 0.222. The Hall–Kier alpha value is -4.73. The van der Waals surface area contributed by atoms with Gasteiger partial charge < -0.3 is 15.8 Å². The van der Waals surface area contributed by atoms with Crippen LogP contribution in [0.2, 0.25) is 0 Å². The van der Waals surface area contributed by atoms with Crippen molar-refractivity contribution in [2.24, 2.45) is 5.73 Å². The highest BCUT2D eigenvalue weighted by molar-refractivity contribution is 5.91. The van der Waals surface area contributed by atoms with E-state index in [4.69, 9.17) is 10.5 Å². The van der Waals surface area contributed by atoms with E-state index in [2.05, 4.69) is 5.32 Å². The first-order valence-electron chi connectivity index (χ1n) is 11.7. The number of fused-ring (bicyclic) bond motifs is 1. The lowest BCUT2D eigenvalue weighted by atomic mass is 9.93. The van der Waals surface area contributed by atoms with Gasteiger partial charge in [0.25, 0.3) is 5.69 Å². The van der Waals surface area contributed by atoms with Gasteiger partial charge in [0.15, 0.2) is 0 Å². The van der Waals surface area contributed by atoms with Crippen molar-refractivity contribution >= 4 is 23.6 Å². The Morgan fingerprint density at radius 2 is 1.62 bits per heavy atom. The molecule has 0 bridgehead atoms. The number of carbonyl (C=O) groups is 3. The average Bonchev–Trinajstić information content (AvgIpc) is 2.91. The number of nitro benzene ring substituents is 1. The molecule has 37 heavy (non-hydrogen) atoms. The number of primary amides is 1. The Labute approximate surface area is 213 Å². The second-order valence-corrected chi connectivity index (χ2v) is 8.75. The van der Waals surface area contributed by atoms with E-state index < -0.39 is 34.9 Å². The lowest BCUT2D eigenvalue weighted by Gasteiger charge is -2.35. The lowest BCUT2D eigenvalue weighted by Crippen LogP contribution is -2.56. The Balaban J connectivity index is 1.50. The number of benzene rings is 3. The number of carbonyl (C=O) groups excluding carboxylic acids is 3. The minimum absolute atomic E-state index is 0.0425. The number of nitro groups is 1. The predicted octanol–water partition coefficient (Wildman–Crippen LogP) is 2.87. The molecule has 0 radical (unpaired) electrons. The monoisotopic (exact) mass is 502 g/mol. The fourth-order valence-electron chi connectivity index (χ4n) is 4.23. The summed E-state index contributed by atoms with van der Waals surface area (Å²) in [4.78, 5) is 50.3. The van der Waals surface area contributed by atoms with Crippen LogP contribution in [0.5, 0.6) is 0 Å². The van der Waals surface area contributed by atoms with E-state index in [1.165, 1.54) is 29.2 Å². The zero-order valence-electron chi connectivity index (χ0n) is 19.9. The zero-order chi connectivity index (χ0) is 26.4. The van der Waals surface area contributed by atoms with Gasteiger partial charge in [-0.25, -0.2) is 4.79 Å². The average molecular weight is 503 g/mol. The van der Waals surface area contributed by atoms with Crippen molar-refractivity contribution in [3.05, 3.63) is 111 Å². The first-order valence-corrected chi connectivity index (χ1v) is 11.7. The highest BCUT2D eigenvalue weighted by Crippen LogP contribution is 2.25. The number of ether oxygens (including phenoxy) is 1. The third-order valence-corrected chi connectivity index (χ3v) is 6.24. The molecular weight excluding hydrogens is 476 g/mol. The number of nitrogens with zero attached hydrogens (tertiary/aromatic N) is 2. The number of rotatable bonds is 8. The maximum absolute atomic E-state index is 13.4. The third kappa shape index (κ3) is 6.29. The summed E-state index contributed by atoms with van der Waals surface area (Å²) in [6.07, 6.45) is -0.365. The van der Waals surface area contributed by atoms with Crippen LogP contribution < -0.4 is 11.1 Å². The van der Waals surface area contributed by atoms with Crippen LogP contribution in [0.15, 0.2) is 78.9 Å². The molecule has 3 amide bonds. The molecule has 0 saturated carbocycles. The molecule has 3 aromatic carbocycles. The summed E-state index contributed by atoms with van der Waals surface area (Å²) in [5.41, 5.74) is 8.69. The Morgan fingerprint density at radius 3 is 2.27 bits per heavy atom. The van der Waals surface area contributed by atoms with Crippen molar-refractivity contribution in [3.8, 4) is 0 Å². The second-order valence-electron chi connectivity index (χ2n) is 8.75. The predicted molar refractivity (Wildman–Crippen MR) is 134 cm³/mol. The van der Waals surface area contributed by atoms with Gasteiger partial charge in [-0.05, 0) is 22.3 Å². The Morgan fingerprint density at radius 1 is 0.973 bits per heavy atom. The summed E-state index contributed by atoms with van der Waals surface area (Å²) in [5.74, 6) is -1.31. The van der Waals surface area contributed by atoms with Crippen molar-refractivity contribution in [1.29, 1.82) is 0 Å². The molecule has 10 heteroatoms. The molecule has 1 aliphatic rings. The van der Waals surface area contributed by atoms with Crippen LogP contribution in [-0.2, 0) is 40.3 Å². The van der Waals surface area contributed by atoms with Crippen LogP contribution in [0.1, 0.15) is 22.3 Å². The van der Waals surface area contributed by atoms with Crippen molar-refractivity contribution in [2.75, 3.05) is 0 Å². The summed E-state index contributed by atoms with van der Waals surface area (Å²) in [5, 5.41) is 13.6. The number of hydrogen-bond donors (Lipinski definition) is 2. The molecule has 0 aromatic heterocycles. The standard InChI is InChI=1S/C27H26N4O6/c28-25(32)23(14-18-10-12-22(13-11-18)31(35)36)29-26(33)24-15-20-8-4-5-9-21(20)16-30(24)27(34)37-17-19-6-2-1-3-7-19/h1-13,23-24H,14-17H2,(H2,28,32)(H,29,33)/t23-,24-/m0/s1. The highest BCUT2D eigenvalue weighted by atomic mass is 16.6. The van der Waals surface area contributed by atoms with Crippen LogP contribution in [-0.4, -0.2) is 39.8 Å². The van der Waals surface area contributed by atoms with E-state index in [1.54, 1.807) is 0 Å². The van der Waals surface area contributed by atoms with Gasteiger partial charge >= 0.3 is 6.09 Å². The quantitative estimate of drug-likeness (QED) is 0.358. The molecule has 10 nitrogen and oxygen atoms in total. The molecule has 0 saturated heterocycles. The SMILES string of the molecule is NC(=O)[C@H](Cc1ccc([N+](=O)[O-])cc1)NC(=O)[C@@H]1Cc2ccccc2CN1C(=O)OCc1ccccc1. The van der Waals surface area contributed by atoms with Gasteiger partial charge in [0.1, 0.15) is 18.7 Å². The second kappa shape index (κ2) is 11.3. The number of hydrogen-bond acceptors (Lipinski definition) is 6. The van der Waals surface area contributed by atoms with Crippen LogP contribution in [0, 0.1) is 10.1 Å². The first kappa shape index (κ1) is 25.4. The first-order chi connectivity index (χ1) is 17.8. The third-order valence-electron chi connectivity index (χ3n) is 6.24. The van der Waals surface area contributed by atoms with Crippen LogP contribution in [0.3, 0.4) is 0 Å². The molecule has 3 N–H and O–H groups in total. The molecule has 0 aliphatic carbocycles. The molecule has 1 aliphatic heterocycles. The van der Waals surface area contributed by atoms with Gasteiger partial charge in [-0.2, -0.15) is 0 Å². The maximum atomic E-state index is 13.4. The molecule has 190 valence electrons. The normalized spacial score (nSPS) is 15.2. The molecule has 0 spiro atoms. The molecule has 1 heterocycles. The zero-order valence-corrected chi connectivity index (χ0v) is 19.9. The summed E-state index contributed by atoms with van der Waals surface area (Å²) < 4.78 is 5.50. The molecular formula is C27H26N4O6. The largest absolute Gasteiger partial charge is 0.445 e. The summed E-state index contributed by atoms with van der Waals surface area (Å²) in [6, 6.07) is 20.4. The van der Waals surface area contributed by atoms with E-state index >= 15 is 0 Å². The molecule has 0 unspecified atom stereocenters. The van der Waals surface area contributed by atoms with E-state index in [1.807, 2.05) is 54.6 Å². The van der Waals surface area contributed by atoms with E-state index in [-0.39, 0.29) is 31.7 Å². The number of nitrogens with two attached hydrogens (primary N) is 1. The van der Waals surface area contributed by atoms with Crippen molar-refractivity contribution in [1.82, 2.24) is 10.2 Å². The van der Waals surface area contributed by atoms with Crippen molar-refractivity contribution in [2.45, 2.75) is 38.1 Å². The summed E-state index contributed by atoms with van der Waals surface area (Å²) >= 11 is 0. The van der Waals surface area contributed by atoms with Crippen LogP contribution >= 0.6 is 0 Å². The van der Waals surface area contributed by atoms with Gasteiger partial charge in [0, 0.05) is 25.0 Å². The van der Waals surface area contributed by atoms with Gasteiger partial charge in [-0.15, -0.1) is 0 Å². The van der Waals surface area contributed by atoms with Crippen LogP contribution in [0.25, 0.3) is 0 Å². The minimum atomic E-state index is -1.08. The Bertz CT molecular complexity index is 1300. The van der Waals surface area contributed by atoms with Gasteiger partial charge in [0.05, 0.1) is 11.5 Å². The molecule has 4 rings (SSSR count).